The van der Waals surface area contributed by atoms with Gasteiger partial charge in [0.1, 0.15) is 16.8 Å². The Morgan fingerprint density at radius 1 is 1.38 bits per heavy atom. The van der Waals surface area contributed by atoms with Gasteiger partial charge in [0.2, 0.25) is 0 Å². The van der Waals surface area contributed by atoms with Gasteiger partial charge in [0, 0.05) is 38.4 Å². The Labute approximate surface area is 129 Å². The second-order valence-corrected chi connectivity index (χ2v) is 5.81. The van der Waals surface area contributed by atoms with Crippen molar-refractivity contribution in [1.82, 2.24) is 19.7 Å². The molecule has 0 aliphatic carbocycles. The summed E-state index contributed by atoms with van der Waals surface area (Å²) in [5, 5.41) is 8.18. The van der Waals surface area contributed by atoms with Crippen molar-refractivity contribution in [2.45, 2.75) is 25.8 Å². The lowest BCUT2D eigenvalue weighted by atomic mass is 10.1. The highest BCUT2D eigenvalue weighted by molar-refractivity contribution is 6.29. The smallest absolute Gasteiger partial charge is 0.134 e. The predicted molar refractivity (Wildman–Crippen MR) is 83.8 cm³/mol. The van der Waals surface area contributed by atoms with Gasteiger partial charge in [-0.2, -0.15) is 5.10 Å². The zero-order valence-electron chi connectivity index (χ0n) is 12.3. The van der Waals surface area contributed by atoms with Crippen molar-refractivity contribution in [2.24, 2.45) is 7.05 Å². The molecule has 2 aromatic rings. The van der Waals surface area contributed by atoms with Gasteiger partial charge in [0.05, 0.1) is 11.9 Å². The van der Waals surface area contributed by atoms with E-state index >= 15 is 0 Å². The topological polar surface area (TPSA) is 58.9 Å². The lowest BCUT2D eigenvalue weighted by Crippen LogP contribution is -2.42. The molecule has 3 rings (SSSR count). The minimum atomic E-state index is 0.351. The minimum Gasteiger partial charge on any atom is -0.367 e. The average molecular weight is 307 g/mol. The summed E-state index contributed by atoms with van der Waals surface area (Å²) < 4.78 is 1.83. The number of anilines is 2. The van der Waals surface area contributed by atoms with Crippen LogP contribution in [0.5, 0.6) is 0 Å². The molecular formula is C14H19ClN6. The van der Waals surface area contributed by atoms with Gasteiger partial charge in [0.25, 0.3) is 0 Å². The molecule has 1 aliphatic rings. The van der Waals surface area contributed by atoms with Gasteiger partial charge >= 0.3 is 0 Å². The van der Waals surface area contributed by atoms with E-state index in [4.69, 9.17) is 11.6 Å². The summed E-state index contributed by atoms with van der Waals surface area (Å²) in [6.07, 6.45) is 6.23. The third-order valence-electron chi connectivity index (χ3n) is 3.64. The zero-order chi connectivity index (χ0) is 14.8. The molecule has 0 radical (unpaired) electrons. The predicted octanol–water partition coefficient (Wildman–Crippen LogP) is 2.25. The van der Waals surface area contributed by atoms with Gasteiger partial charge in [-0.25, -0.2) is 9.97 Å². The van der Waals surface area contributed by atoms with Crippen molar-refractivity contribution in [3.63, 3.8) is 0 Å². The Hall–Kier alpha value is -1.82. The SMILES string of the molecule is Cc1nc(Cl)cc(N[C@@H]2CCCN(c3cnn(C)c3)C2)n1. The molecule has 2 aromatic heterocycles. The van der Waals surface area contributed by atoms with Crippen molar-refractivity contribution in [3.8, 4) is 0 Å². The fraction of sp³-hybridized carbons (Fsp3) is 0.500. The number of hydrogen-bond acceptors (Lipinski definition) is 5. The monoisotopic (exact) mass is 306 g/mol. The van der Waals surface area contributed by atoms with E-state index in [0.717, 1.165) is 31.7 Å². The molecule has 112 valence electrons. The third kappa shape index (κ3) is 3.44. The van der Waals surface area contributed by atoms with E-state index in [0.29, 0.717) is 17.0 Å². The van der Waals surface area contributed by atoms with Crippen LogP contribution in [0.2, 0.25) is 5.15 Å². The van der Waals surface area contributed by atoms with Crippen LogP contribution in [0.4, 0.5) is 11.5 Å². The molecule has 6 nitrogen and oxygen atoms in total. The molecule has 0 bridgehead atoms. The molecule has 0 amide bonds. The molecule has 1 saturated heterocycles. The lowest BCUT2D eigenvalue weighted by Gasteiger charge is -2.34. The largest absolute Gasteiger partial charge is 0.367 e. The standard InChI is InChI=1S/C14H19ClN6/c1-10-17-13(15)6-14(18-10)19-11-4-3-5-21(8-11)12-7-16-20(2)9-12/h6-7,9,11H,3-5,8H2,1-2H3,(H,17,18,19)/t11-/m1/s1. The summed E-state index contributed by atoms with van der Waals surface area (Å²) >= 11 is 5.98. The minimum absolute atomic E-state index is 0.351. The van der Waals surface area contributed by atoms with Crippen LogP contribution >= 0.6 is 11.6 Å². The molecular weight excluding hydrogens is 288 g/mol. The number of nitrogens with one attached hydrogen (secondary N) is 1. The van der Waals surface area contributed by atoms with Crippen LogP contribution in [0.3, 0.4) is 0 Å². The third-order valence-corrected chi connectivity index (χ3v) is 3.83. The number of nitrogens with zero attached hydrogens (tertiary/aromatic N) is 5. The fourth-order valence-corrected chi connectivity index (χ4v) is 2.94. The second kappa shape index (κ2) is 5.89. The van der Waals surface area contributed by atoms with Crippen molar-refractivity contribution in [2.75, 3.05) is 23.3 Å². The lowest BCUT2D eigenvalue weighted by molar-refractivity contribution is 0.528. The van der Waals surface area contributed by atoms with Gasteiger partial charge in [-0.3, -0.25) is 4.68 Å². The first-order chi connectivity index (χ1) is 10.1. The van der Waals surface area contributed by atoms with E-state index in [9.17, 15) is 0 Å². The van der Waals surface area contributed by atoms with Gasteiger partial charge in [-0.05, 0) is 19.8 Å². The molecule has 1 fully saturated rings. The number of halogens is 1. The number of aryl methyl sites for hydroxylation is 2. The summed E-state index contributed by atoms with van der Waals surface area (Å²) in [5.74, 6) is 1.48. The molecule has 1 N–H and O–H groups in total. The van der Waals surface area contributed by atoms with Crippen molar-refractivity contribution < 1.29 is 0 Å². The van der Waals surface area contributed by atoms with E-state index in [-0.39, 0.29) is 0 Å². The Morgan fingerprint density at radius 3 is 2.95 bits per heavy atom. The molecule has 1 aliphatic heterocycles. The van der Waals surface area contributed by atoms with Crippen LogP contribution in [0.15, 0.2) is 18.5 Å². The summed E-state index contributed by atoms with van der Waals surface area (Å²) in [6.45, 7) is 3.85. The maximum absolute atomic E-state index is 5.98. The number of rotatable bonds is 3. The average Bonchev–Trinajstić information content (AvgIpc) is 2.84. The van der Waals surface area contributed by atoms with E-state index < -0.39 is 0 Å². The van der Waals surface area contributed by atoms with E-state index in [1.807, 2.05) is 31.0 Å². The van der Waals surface area contributed by atoms with Crippen molar-refractivity contribution in [1.29, 1.82) is 0 Å². The van der Waals surface area contributed by atoms with Crippen molar-refractivity contribution in [3.05, 3.63) is 29.4 Å². The number of aromatic nitrogens is 4. The van der Waals surface area contributed by atoms with Crippen LogP contribution in [0, 0.1) is 6.92 Å². The molecule has 1 atom stereocenters. The summed E-state index contributed by atoms with van der Waals surface area (Å²) in [5.41, 5.74) is 1.17. The Morgan fingerprint density at radius 2 is 2.24 bits per heavy atom. The summed E-state index contributed by atoms with van der Waals surface area (Å²) in [7, 11) is 1.94. The zero-order valence-corrected chi connectivity index (χ0v) is 13.0. The maximum atomic E-state index is 5.98. The molecule has 0 spiro atoms. The molecule has 0 unspecified atom stereocenters. The molecule has 0 saturated carbocycles. The fourth-order valence-electron chi connectivity index (χ4n) is 2.72. The quantitative estimate of drug-likeness (QED) is 0.881. The maximum Gasteiger partial charge on any atom is 0.134 e. The van der Waals surface area contributed by atoms with Gasteiger partial charge < -0.3 is 10.2 Å². The van der Waals surface area contributed by atoms with Crippen LogP contribution in [-0.2, 0) is 7.05 Å². The molecule has 21 heavy (non-hydrogen) atoms. The summed E-state index contributed by atoms with van der Waals surface area (Å²) in [4.78, 5) is 10.8. The number of hydrogen-bond donors (Lipinski definition) is 1. The van der Waals surface area contributed by atoms with E-state index in [1.165, 1.54) is 5.69 Å². The van der Waals surface area contributed by atoms with Crippen LogP contribution in [0.1, 0.15) is 18.7 Å². The van der Waals surface area contributed by atoms with Gasteiger partial charge in [-0.15, -0.1) is 0 Å². The van der Waals surface area contributed by atoms with Gasteiger partial charge in [-0.1, -0.05) is 11.6 Å². The van der Waals surface area contributed by atoms with Crippen LogP contribution < -0.4 is 10.2 Å². The molecule has 0 aromatic carbocycles. The summed E-state index contributed by atoms with van der Waals surface area (Å²) in [6, 6.07) is 2.13. The Balaban J connectivity index is 1.68. The first-order valence-electron chi connectivity index (χ1n) is 7.11. The van der Waals surface area contributed by atoms with Crippen molar-refractivity contribution >= 4 is 23.1 Å². The second-order valence-electron chi connectivity index (χ2n) is 5.42. The molecule has 3 heterocycles. The van der Waals surface area contributed by atoms with E-state index in [1.54, 1.807) is 6.07 Å². The number of piperidine rings is 1. The highest BCUT2D eigenvalue weighted by atomic mass is 35.5. The normalized spacial score (nSPS) is 18.8. The Kier molecular flexibility index (Phi) is 3.96. The highest BCUT2D eigenvalue weighted by Gasteiger charge is 2.21. The highest BCUT2D eigenvalue weighted by Crippen LogP contribution is 2.21. The van der Waals surface area contributed by atoms with Crippen LogP contribution in [-0.4, -0.2) is 38.9 Å². The van der Waals surface area contributed by atoms with E-state index in [2.05, 4.69) is 25.3 Å². The van der Waals surface area contributed by atoms with Gasteiger partial charge in [0.15, 0.2) is 0 Å². The Bertz CT molecular complexity index is 605. The first-order valence-corrected chi connectivity index (χ1v) is 7.49. The first kappa shape index (κ1) is 14.1. The van der Waals surface area contributed by atoms with Crippen LogP contribution in [0.25, 0.3) is 0 Å². The molecule has 7 heteroatoms.